The molecule has 0 aromatic heterocycles. The van der Waals surface area contributed by atoms with Gasteiger partial charge in [-0.15, -0.1) is 0 Å². The highest BCUT2D eigenvalue weighted by molar-refractivity contribution is 9.09. The summed E-state index contributed by atoms with van der Waals surface area (Å²) in [5, 5.41) is 29.9. The Bertz CT molecular complexity index is 146. The lowest BCUT2D eigenvalue weighted by Gasteiger charge is -2.41. The van der Waals surface area contributed by atoms with E-state index in [9.17, 15) is 10.4 Å². The van der Waals surface area contributed by atoms with Gasteiger partial charge in [0.2, 0.25) is 0 Å². The van der Waals surface area contributed by atoms with E-state index >= 15 is 0 Å². The van der Waals surface area contributed by atoms with E-state index in [0.717, 1.165) is 0 Å². The van der Waals surface area contributed by atoms with Crippen LogP contribution in [0.4, 0.5) is 0 Å². The molecule has 1 heterocycles. The summed E-state index contributed by atoms with van der Waals surface area (Å²) in [5.74, 6) is 0. The van der Waals surface area contributed by atoms with Crippen molar-refractivity contribution in [2.75, 3.05) is 0 Å². The average molecular weight is 241 g/mol. The Labute approximate surface area is 79.2 Å². The summed E-state index contributed by atoms with van der Waals surface area (Å²) in [6.07, 6.45) is 0.911. The normalized spacial score (nSPS) is 45.8. The van der Waals surface area contributed by atoms with Crippen molar-refractivity contribution in [3.05, 3.63) is 10.4 Å². The van der Waals surface area contributed by atoms with Crippen LogP contribution in [0.25, 0.3) is 0 Å². The van der Waals surface area contributed by atoms with E-state index in [2.05, 4.69) is 15.9 Å². The van der Waals surface area contributed by atoms with Gasteiger partial charge in [-0.3, -0.25) is 0 Å². The van der Waals surface area contributed by atoms with Gasteiger partial charge in [-0.1, -0.05) is 0 Å². The lowest BCUT2D eigenvalue weighted by molar-refractivity contribution is -1.07. The molecule has 0 aromatic rings. The highest BCUT2D eigenvalue weighted by Crippen LogP contribution is 2.10. The van der Waals surface area contributed by atoms with Gasteiger partial charge in [0, 0.05) is 0 Å². The van der Waals surface area contributed by atoms with Crippen LogP contribution in [0.2, 0.25) is 0 Å². The summed E-state index contributed by atoms with van der Waals surface area (Å²) in [7, 11) is 0. The molecule has 0 spiro atoms. The monoisotopic (exact) mass is 240 g/mol. The first-order valence-electron chi connectivity index (χ1n) is 3.93. The van der Waals surface area contributed by atoms with Gasteiger partial charge in [-0.2, -0.15) is 0 Å². The Morgan fingerprint density at radius 2 is 2.17 bits per heavy atom. The maximum absolute atomic E-state index is 11.3. The first-order chi connectivity index (χ1) is 5.52. The van der Waals surface area contributed by atoms with Crippen LogP contribution in [0.15, 0.2) is 0 Å². The second-order valence-electron chi connectivity index (χ2n) is 3.28. The molecule has 0 saturated carbocycles. The molecule has 1 fully saturated rings. The highest BCUT2D eigenvalue weighted by atomic mass is 79.9. The van der Waals surface area contributed by atoms with Crippen molar-refractivity contribution < 1.29 is 15.5 Å². The Morgan fingerprint density at radius 1 is 1.58 bits per heavy atom. The van der Waals surface area contributed by atoms with Gasteiger partial charge in [0.05, 0.1) is 18.9 Å². The van der Waals surface area contributed by atoms with E-state index in [0.29, 0.717) is 12.8 Å². The van der Waals surface area contributed by atoms with Crippen LogP contribution < -0.4 is 10.3 Å². The molecule has 72 valence electrons. The number of hydrogen-bond acceptors (Lipinski definition) is 3. The van der Waals surface area contributed by atoms with Gasteiger partial charge in [0.25, 0.3) is 0 Å². The maximum atomic E-state index is 11.3. The molecule has 0 bridgehead atoms. The molecule has 5 nitrogen and oxygen atoms in total. The molecule has 0 aliphatic carbocycles. The largest absolute Gasteiger partial charge is 0.633 e. The third-order valence-corrected chi connectivity index (χ3v) is 3.10. The number of nitrogens with one attached hydrogen (secondary N) is 2. The summed E-state index contributed by atoms with van der Waals surface area (Å²) in [6.45, 7) is 1.78. The van der Waals surface area contributed by atoms with Crippen LogP contribution in [0.3, 0.4) is 0 Å². The summed E-state index contributed by atoms with van der Waals surface area (Å²) in [5.41, 5.74) is 0. The number of rotatable bonds is 1. The topological polar surface area (TPSA) is 75.2 Å². The fourth-order valence-corrected chi connectivity index (χ4v) is 2.42. The number of piperidine rings is 1. The van der Waals surface area contributed by atoms with Crippen molar-refractivity contribution >= 4 is 15.9 Å². The molecular weight excluding hydrogens is 228 g/mol. The Balaban J connectivity index is 2.53. The molecule has 1 saturated heterocycles. The van der Waals surface area contributed by atoms with Crippen molar-refractivity contribution in [3.8, 4) is 0 Å². The molecule has 1 rings (SSSR count). The first-order valence-corrected chi connectivity index (χ1v) is 4.84. The number of alkyl halides is 1. The summed E-state index contributed by atoms with van der Waals surface area (Å²) < 4.78 is 0. The smallest absolute Gasteiger partial charge is 0.148 e. The highest BCUT2D eigenvalue weighted by Gasteiger charge is 2.34. The molecule has 0 aromatic carbocycles. The Kier molecular flexibility index (Phi) is 3.45. The third-order valence-electron chi connectivity index (χ3n) is 2.27. The van der Waals surface area contributed by atoms with E-state index in [1.807, 2.05) is 0 Å². The van der Waals surface area contributed by atoms with Crippen molar-refractivity contribution in [2.24, 2.45) is 0 Å². The predicted molar refractivity (Wildman–Crippen MR) is 45.6 cm³/mol. The molecule has 0 radical (unpaired) electrons. The molecule has 5 atom stereocenters. The van der Waals surface area contributed by atoms with Gasteiger partial charge in [0.1, 0.15) is 11.0 Å². The summed E-state index contributed by atoms with van der Waals surface area (Å²) in [6, 6.07) is -0.480. The number of hydrogen-bond donors (Lipinski definition) is 3. The lowest BCUT2D eigenvalue weighted by atomic mass is 10.0. The molecule has 5 unspecified atom stereocenters. The van der Waals surface area contributed by atoms with E-state index in [-0.39, 0.29) is 22.1 Å². The number of quaternary nitrogens is 2. The second kappa shape index (κ2) is 3.99. The van der Waals surface area contributed by atoms with E-state index in [4.69, 9.17) is 5.21 Å². The first kappa shape index (κ1) is 10.4. The summed E-state index contributed by atoms with van der Waals surface area (Å²) >= 11 is 3.19. The Hall–Kier alpha value is 0.280. The predicted octanol–water partition coefficient (Wildman–Crippen LogP) is -1.59. The van der Waals surface area contributed by atoms with Crippen molar-refractivity contribution in [1.29, 1.82) is 0 Å². The SMILES string of the molecule is CC1CC([NH+]([O-])O)CC(Br)[NH+]1[O-]. The van der Waals surface area contributed by atoms with Crippen LogP contribution in [-0.2, 0) is 0 Å². The van der Waals surface area contributed by atoms with Gasteiger partial charge < -0.3 is 15.5 Å². The zero-order valence-corrected chi connectivity index (χ0v) is 8.37. The third kappa shape index (κ3) is 2.15. The Morgan fingerprint density at radius 3 is 2.58 bits per heavy atom. The summed E-state index contributed by atoms with van der Waals surface area (Å²) in [4.78, 5) is -0.262. The van der Waals surface area contributed by atoms with Crippen molar-refractivity contribution in [2.45, 2.75) is 36.8 Å². The van der Waals surface area contributed by atoms with Gasteiger partial charge in [-0.25, -0.2) is 10.4 Å². The van der Waals surface area contributed by atoms with Crippen molar-refractivity contribution in [3.63, 3.8) is 0 Å². The van der Waals surface area contributed by atoms with Crippen molar-refractivity contribution in [1.82, 2.24) is 0 Å². The minimum absolute atomic E-state index is 0.121. The van der Waals surface area contributed by atoms with Crippen LogP contribution in [0.5, 0.6) is 0 Å². The molecular formula is C6H13BrN2O3. The van der Waals surface area contributed by atoms with Crippen LogP contribution >= 0.6 is 15.9 Å². The number of halogens is 1. The average Bonchev–Trinajstić information content (AvgIpc) is 1.99. The molecule has 0 amide bonds. The fraction of sp³-hybridized carbons (Fsp3) is 1.00. The van der Waals surface area contributed by atoms with Gasteiger partial charge in [0.15, 0.2) is 0 Å². The van der Waals surface area contributed by atoms with E-state index in [1.165, 1.54) is 0 Å². The van der Waals surface area contributed by atoms with Gasteiger partial charge >= 0.3 is 0 Å². The standard InChI is InChI=1S/C6H13BrN2O3/c1-4-2-5(9(11)12)3-6(7)8(4)10/h4-6,8-9,11H,2-3H2,1H3. The van der Waals surface area contributed by atoms with Crippen LogP contribution in [0.1, 0.15) is 19.8 Å². The van der Waals surface area contributed by atoms with Gasteiger partial charge in [-0.05, 0) is 22.9 Å². The zero-order chi connectivity index (χ0) is 9.30. The maximum Gasteiger partial charge on any atom is 0.148 e. The second-order valence-corrected chi connectivity index (χ2v) is 4.38. The lowest BCUT2D eigenvalue weighted by Crippen LogP contribution is -3.19. The minimum atomic E-state index is -0.793. The quantitative estimate of drug-likeness (QED) is 0.224. The fourth-order valence-electron chi connectivity index (χ4n) is 1.52. The van der Waals surface area contributed by atoms with Crippen LogP contribution in [0, 0.1) is 10.4 Å². The molecule has 1 aliphatic rings. The molecule has 3 N–H and O–H groups in total. The van der Waals surface area contributed by atoms with E-state index < -0.39 is 5.23 Å². The van der Waals surface area contributed by atoms with Crippen LogP contribution in [-0.4, -0.2) is 22.2 Å². The molecule has 12 heavy (non-hydrogen) atoms. The minimum Gasteiger partial charge on any atom is -0.633 e. The number of hydroxylamine groups is 4. The molecule has 6 heteroatoms. The zero-order valence-electron chi connectivity index (χ0n) is 6.79. The van der Waals surface area contributed by atoms with E-state index in [1.54, 1.807) is 6.92 Å². The molecule has 1 aliphatic heterocycles.